The molecule has 20 N–H and O–H groups in total. The number of ketones is 4. The van der Waals surface area contributed by atoms with Crippen molar-refractivity contribution in [1.82, 2.24) is 74.4 Å². The minimum Gasteiger partial charge on any atom is -0.511 e. The van der Waals surface area contributed by atoms with E-state index in [0.717, 1.165) is 60.8 Å². The van der Waals surface area contributed by atoms with E-state index in [1.807, 2.05) is 121 Å². The van der Waals surface area contributed by atoms with Crippen molar-refractivity contribution in [3.05, 3.63) is 156 Å². The summed E-state index contributed by atoms with van der Waals surface area (Å²) in [6.07, 6.45) is 11.9. The molecule has 0 bridgehead atoms. The second kappa shape index (κ2) is 69.5. The number of nitrogens with one attached hydrogen (secondary N) is 14. The molecule has 1 heterocycles. The summed E-state index contributed by atoms with van der Waals surface area (Å²) in [6, 6.07) is 27.7. The molecule has 1 saturated heterocycles. The van der Waals surface area contributed by atoms with Crippen LogP contribution in [0.5, 0.6) is 0 Å². The molecule has 37 nitrogen and oxygen atoms in total. The summed E-state index contributed by atoms with van der Waals surface area (Å²) < 4.78 is 0. The maximum atomic E-state index is 14.4. The number of hydrogen-bond acceptors (Lipinski definition) is 22. The van der Waals surface area contributed by atoms with E-state index in [0.29, 0.717) is 155 Å². The highest BCUT2D eigenvalue weighted by atomic mass is 16.4. The minimum absolute atomic E-state index is 0.0323. The standard InChI is InChI=1S/C101H148N14O23/c1-70(116)81(112-100(137)114-83(98(133)134)50-52-93(125)126)44-26-12-24-42-79(117)40-22-4-2-6-28-54-106-95(129)75(60-71-32-14-8-15-33-71)64-87(119)85(62-73-36-18-10-19-37-73)110-91(123)48-30-46-89(121)108-77-66-102-56-58-104-68-78(69-105-59-57-103-67-77)109-90(122)47-31-49-92(124)111-86(63-74-38-20-11-21-39-74)88(120)65-76(61-72-34-16-9-17-35-72)96(130)107-55-29-7-3-5-23-41-80(118)43-25-13-27-45-82(97(131)132)113-101(138)115-84(99(135)136)51-53-94(127)128/h8-11,14-21,32-39,75-78,81-86,102-105,116H,1-7,12-13,22-31,40-69H2,(H,106,129)(H,107,130)(H,108,121)(H,109,122)(H,110,123)(H,111,124)(H,125,126)(H,127,128)(H,131,132)(H,133,134)(H,135,136)(H2,112,114,137)(H2,113,115,138). The molecule has 138 heavy (non-hydrogen) atoms. The molecule has 5 rings (SSSR count). The fourth-order valence-corrected chi connectivity index (χ4v) is 16.0. The largest absolute Gasteiger partial charge is 0.511 e. The lowest BCUT2D eigenvalue weighted by Gasteiger charge is -2.23. The van der Waals surface area contributed by atoms with Crippen LogP contribution in [0.15, 0.2) is 134 Å². The number of hydrogen-bond donors (Lipinski definition) is 20. The van der Waals surface area contributed by atoms with Gasteiger partial charge in [-0.1, -0.05) is 192 Å². The van der Waals surface area contributed by atoms with Crippen LogP contribution in [0.3, 0.4) is 0 Å². The molecular formula is C101H148N14O23. The second-order valence-electron chi connectivity index (χ2n) is 35.5. The summed E-state index contributed by atoms with van der Waals surface area (Å²) in [6.45, 7) is 8.08. The van der Waals surface area contributed by atoms with Crippen LogP contribution in [0.2, 0.25) is 0 Å². The Kier molecular flexibility index (Phi) is 58.5. The predicted molar refractivity (Wildman–Crippen MR) is 518 cm³/mol. The molecule has 4 aromatic carbocycles. The Morgan fingerprint density at radius 2 is 0.580 bits per heavy atom. The van der Waals surface area contributed by atoms with Crippen LogP contribution in [0.25, 0.3) is 0 Å². The predicted octanol–water partition coefficient (Wildman–Crippen LogP) is 7.84. The Bertz CT molecular complexity index is 4130. The van der Waals surface area contributed by atoms with Gasteiger partial charge in [0.1, 0.15) is 35.5 Å². The molecular weight excluding hydrogens is 1780 g/mol. The number of Topliss-reactive ketones (excluding diaryl/α,β-unsaturated/α-hetero) is 4. The first-order valence-electron chi connectivity index (χ1n) is 48.8. The molecule has 4 aromatic rings. The molecule has 1 aliphatic heterocycles. The number of aliphatic hydroxyl groups excluding tert-OH is 1. The summed E-state index contributed by atoms with van der Waals surface area (Å²) in [7, 11) is 0. The number of aliphatic hydroxyl groups is 1. The molecule has 0 aromatic heterocycles. The van der Waals surface area contributed by atoms with Gasteiger partial charge in [-0.05, 0) is 125 Å². The number of carboxylic acid groups (broad SMARTS) is 5. The Balaban J connectivity index is 0.983. The number of aliphatic carboxylic acids is 5. The van der Waals surface area contributed by atoms with Gasteiger partial charge < -0.3 is 105 Å². The summed E-state index contributed by atoms with van der Waals surface area (Å²) >= 11 is 0. The number of unbranched alkanes of at least 4 members (excludes halogenated alkanes) is 12. The number of carbonyl (C=O) groups excluding carboxylic acids is 12. The summed E-state index contributed by atoms with van der Waals surface area (Å²) in [5, 5.41) is 96.8. The molecule has 0 aliphatic carbocycles. The van der Waals surface area contributed by atoms with Gasteiger partial charge in [-0.25, -0.2) is 24.0 Å². The quantitative estimate of drug-likeness (QED) is 0.0148. The van der Waals surface area contributed by atoms with Crippen molar-refractivity contribution in [2.24, 2.45) is 11.8 Å². The summed E-state index contributed by atoms with van der Waals surface area (Å²) in [5.41, 5.74) is 3.36. The second-order valence-corrected chi connectivity index (χ2v) is 35.5. The van der Waals surface area contributed by atoms with Crippen LogP contribution >= 0.6 is 0 Å². The van der Waals surface area contributed by atoms with E-state index in [1.165, 1.54) is 0 Å². The van der Waals surface area contributed by atoms with Crippen LogP contribution in [0.1, 0.15) is 241 Å². The average Bonchev–Trinajstić information content (AvgIpc) is 0.861. The summed E-state index contributed by atoms with van der Waals surface area (Å²) in [4.78, 5) is 218. The number of carboxylic acids is 5. The fourth-order valence-electron chi connectivity index (χ4n) is 16.0. The van der Waals surface area contributed by atoms with Gasteiger partial charge in [-0.15, -0.1) is 0 Å². The van der Waals surface area contributed by atoms with Gasteiger partial charge in [0.05, 0.1) is 30.2 Å². The number of benzene rings is 4. The Hall–Kier alpha value is -12.3. The van der Waals surface area contributed by atoms with E-state index in [9.17, 15) is 102 Å². The SMILES string of the molecule is C=C(O)C(CCCCCC(=O)CCCCCCCNC(=O)C(CC(=O)C(Cc1ccccc1)NC(=O)CCCC(=O)NC1CNCCNCC(NC(=O)CCCC(=O)NC(Cc2ccccc2)C(=O)CC(Cc2ccccc2)C(=O)NCCCCCCCC(=O)CCCCCC(NC(=O)NC(CCC(=O)O)C(=O)O)C(=O)O)CNCCNC1)Cc1ccccc1)NC(=O)NC(CCC(=O)O)C(=O)O. The van der Waals surface area contributed by atoms with Gasteiger partial charge in [0, 0.05) is 154 Å². The monoisotopic (exact) mass is 1930 g/mol. The molecule has 0 saturated carbocycles. The molecule has 1 aliphatic rings. The van der Waals surface area contributed by atoms with E-state index in [2.05, 4.69) is 81.0 Å². The lowest BCUT2D eigenvalue weighted by molar-refractivity contribution is -0.142. The van der Waals surface area contributed by atoms with Crippen molar-refractivity contribution in [2.45, 2.75) is 292 Å². The molecule has 37 heteroatoms. The first kappa shape index (κ1) is 116. The highest BCUT2D eigenvalue weighted by Gasteiger charge is 2.33. The molecule has 10 amide bonds. The van der Waals surface area contributed by atoms with Gasteiger partial charge in [-0.3, -0.25) is 57.5 Å². The topological polar surface area (TPSA) is 580 Å². The van der Waals surface area contributed by atoms with Crippen LogP contribution in [-0.2, 0) is 97.6 Å². The van der Waals surface area contributed by atoms with Crippen molar-refractivity contribution in [3.8, 4) is 0 Å². The summed E-state index contributed by atoms with van der Waals surface area (Å²) in [5.74, 6) is -10.8. The van der Waals surface area contributed by atoms with Crippen LogP contribution in [-0.4, -0.2) is 245 Å². The van der Waals surface area contributed by atoms with E-state index in [-0.39, 0.29) is 167 Å². The van der Waals surface area contributed by atoms with E-state index >= 15 is 0 Å². The smallest absolute Gasteiger partial charge is 0.326 e. The first-order valence-corrected chi connectivity index (χ1v) is 48.8. The van der Waals surface area contributed by atoms with Gasteiger partial charge >= 0.3 is 41.9 Å². The Morgan fingerprint density at radius 1 is 0.297 bits per heavy atom. The number of rotatable bonds is 70. The first-order chi connectivity index (χ1) is 66.4. The van der Waals surface area contributed by atoms with Crippen LogP contribution < -0.4 is 74.4 Å². The van der Waals surface area contributed by atoms with Crippen LogP contribution in [0, 0.1) is 11.8 Å². The third-order valence-electron chi connectivity index (χ3n) is 23.7. The van der Waals surface area contributed by atoms with Crippen molar-refractivity contribution in [1.29, 1.82) is 0 Å². The third kappa shape index (κ3) is 54.0. The zero-order valence-electron chi connectivity index (χ0n) is 79.6. The number of carbonyl (C=O) groups is 17. The molecule has 0 spiro atoms. The van der Waals surface area contributed by atoms with Crippen molar-refractivity contribution < 1.29 is 112 Å². The normalized spacial score (nSPS) is 15.2. The lowest BCUT2D eigenvalue weighted by Crippen LogP contribution is -2.52. The third-order valence-corrected chi connectivity index (χ3v) is 23.7. The van der Waals surface area contributed by atoms with Crippen molar-refractivity contribution in [2.75, 3.05) is 65.4 Å². The van der Waals surface area contributed by atoms with Gasteiger partial charge in [0.2, 0.25) is 35.4 Å². The van der Waals surface area contributed by atoms with Crippen molar-refractivity contribution in [3.63, 3.8) is 0 Å². The molecule has 8 atom stereocenters. The molecule has 1 fully saturated rings. The average molecular weight is 1930 g/mol. The van der Waals surface area contributed by atoms with E-state index < -0.39 is 115 Å². The van der Waals surface area contributed by atoms with E-state index in [1.54, 1.807) is 0 Å². The highest BCUT2D eigenvalue weighted by molar-refractivity contribution is 5.95. The zero-order chi connectivity index (χ0) is 100. The molecule has 8 unspecified atom stereocenters. The molecule has 0 radical (unpaired) electrons. The minimum atomic E-state index is -1.52. The van der Waals surface area contributed by atoms with Gasteiger partial charge in [0.15, 0.2) is 11.6 Å². The molecule has 760 valence electrons. The fraction of sp³-hybridized carbons (Fsp3) is 0.574. The Labute approximate surface area is 808 Å². The van der Waals surface area contributed by atoms with Crippen LogP contribution in [0.4, 0.5) is 9.59 Å². The lowest BCUT2D eigenvalue weighted by atomic mass is 9.89. The van der Waals surface area contributed by atoms with Gasteiger partial charge in [-0.2, -0.15) is 0 Å². The zero-order valence-corrected chi connectivity index (χ0v) is 79.6. The van der Waals surface area contributed by atoms with E-state index in [4.69, 9.17) is 10.2 Å². The van der Waals surface area contributed by atoms with Gasteiger partial charge in [0.25, 0.3) is 0 Å². The van der Waals surface area contributed by atoms with Crippen molar-refractivity contribution >= 4 is 100 Å². The Morgan fingerprint density at radius 3 is 0.899 bits per heavy atom. The number of amides is 10. The number of urea groups is 2. The highest BCUT2D eigenvalue weighted by Crippen LogP contribution is 2.22. The maximum absolute atomic E-state index is 14.4. The maximum Gasteiger partial charge on any atom is 0.326 e.